The molecule has 9 heteroatoms. The fraction of sp³-hybridized carbons (Fsp3) is 0.235. The number of esters is 1. The second-order valence-corrected chi connectivity index (χ2v) is 7.17. The molecule has 8 nitrogen and oxygen atoms in total. The Kier molecular flexibility index (Phi) is 6.81. The van der Waals surface area contributed by atoms with Crippen LogP contribution in [0.2, 0.25) is 0 Å². The molecule has 0 saturated carbocycles. The molecule has 2 aromatic carbocycles. The van der Waals surface area contributed by atoms with Gasteiger partial charge in [-0.1, -0.05) is 30.3 Å². The van der Waals surface area contributed by atoms with Gasteiger partial charge >= 0.3 is 5.97 Å². The van der Waals surface area contributed by atoms with Gasteiger partial charge in [0.2, 0.25) is 10.0 Å². The molecule has 2 aromatic rings. The molecule has 0 bridgehead atoms. The third-order valence-corrected chi connectivity index (χ3v) is 4.93. The van der Waals surface area contributed by atoms with Crippen LogP contribution >= 0.6 is 0 Å². The summed E-state index contributed by atoms with van der Waals surface area (Å²) in [7, 11) is -3.78. The molecule has 26 heavy (non-hydrogen) atoms. The Morgan fingerprint density at radius 1 is 1.08 bits per heavy atom. The van der Waals surface area contributed by atoms with Crippen LogP contribution in [0.4, 0.5) is 5.69 Å². The first-order chi connectivity index (χ1) is 12.4. The number of carbonyl (C=O) groups excluding carboxylic acids is 1. The average molecular weight is 378 g/mol. The smallest absolute Gasteiger partial charge is 0.306 e. The highest BCUT2D eigenvalue weighted by Crippen LogP contribution is 2.15. The van der Waals surface area contributed by atoms with Gasteiger partial charge in [-0.25, -0.2) is 13.1 Å². The van der Waals surface area contributed by atoms with E-state index in [1.54, 1.807) is 0 Å². The van der Waals surface area contributed by atoms with E-state index in [2.05, 4.69) is 4.72 Å². The average Bonchev–Trinajstić information content (AvgIpc) is 2.64. The van der Waals surface area contributed by atoms with Crippen LogP contribution in [0.1, 0.15) is 18.4 Å². The molecule has 0 aliphatic heterocycles. The molecule has 0 spiro atoms. The maximum absolute atomic E-state index is 12.1. The molecule has 0 heterocycles. The minimum absolute atomic E-state index is 0.0553. The van der Waals surface area contributed by atoms with Crippen LogP contribution < -0.4 is 4.72 Å². The van der Waals surface area contributed by atoms with Gasteiger partial charge in [-0.2, -0.15) is 0 Å². The number of carbonyl (C=O) groups is 1. The second kappa shape index (κ2) is 9.07. The van der Waals surface area contributed by atoms with Gasteiger partial charge in [-0.3, -0.25) is 14.9 Å². The van der Waals surface area contributed by atoms with Crippen molar-refractivity contribution in [2.24, 2.45) is 0 Å². The Bertz CT molecular complexity index is 851. The van der Waals surface area contributed by atoms with E-state index in [4.69, 9.17) is 4.74 Å². The highest BCUT2D eigenvalue weighted by Gasteiger charge is 2.15. The Morgan fingerprint density at radius 3 is 2.35 bits per heavy atom. The largest absolute Gasteiger partial charge is 0.461 e. The van der Waals surface area contributed by atoms with Crippen LogP contribution in [0.3, 0.4) is 0 Å². The standard InChI is InChI=1S/C17H18N2O6S/c20-17(25-13-14-5-2-1-3-6-14)7-4-12-18-26(23,24)16-10-8-15(9-11-16)19(21)22/h1-3,5-6,8-11,18H,4,7,12-13H2. The number of nitrogens with one attached hydrogen (secondary N) is 1. The van der Waals surface area contributed by atoms with Crippen molar-refractivity contribution in [3.63, 3.8) is 0 Å². The number of nitro benzene ring substituents is 1. The topological polar surface area (TPSA) is 116 Å². The van der Waals surface area contributed by atoms with Crippen LogP contribution in [0.25, 0.3) is 0 Å². The van der Waals surface area contributed by atoms with Gasteiger partial charge in [-0.05, 0) is 24.1 Å². The lowest BCUT2D eigenvalue weighted by atomic mass is 10.2. The minimum Gasteiger partial charge on any atom is -0.461 e. The number of non-ortho nitro benzene ring substituents is 1. The van der Waals surface area contributed by atoms with Gasteiger partial charge in [0.05, 0.1) is 9.82 Å². The molecule has 138 valence electrons. The number of hydrogen-bond acceptors (Lipinski definition) is 6. The lowest BCUT2D eigenvalue weighted by Gasteiger charge is -2.07. The lowest BCUT2D eigenvalue weighted by molar-refractivity contribution is -0.384. The molecular weight excluding hydrogens is 360 g/mol. The van der Waals surface area contributed by atoms with Crippen molar-refractivity contribution in [3.8, 4) is 0 Å². The molecule has 2 rings (SSSR count). The van der Waals surface area contributed by atoms with Gasteiger partial charge in [0, 0.05) is 25.1 Å². The lowest BCUT2D eigenvalue weighted by Crippen LogP contribution is -2.25. The van der Waals surface area contributed by atoms with Crippen molar-refractivity contribution >= 4 is 21.7 Å². The van der Waals surface area contributed by atoms with Crippen LogP contribution in [0, 0.1) is 10.1 Å². The van der Waals surface area contributed by atoms with Gasteiger partial charge in [0.1, 0.15) is 6.61 Å². The summed E-state index contributed by atoms with van der Waals surface area (Å²) in [5.74, 6) is -0.414. The van der Waals surface area contributed by atoms with E-state index in [0.29, 0.717) is 0 Å². The zero-order chi connectivity index (χ0) is 19.0. The maximum atomic E-state index is 12.1. The van der Waals surface area contributed by atoms with Crippen LogP contribution in [-0.2, 0) is 26.2 Å². The van der Waals surface area contributed by atoms with E-state index in [1.165, 1.54) is 0 Å². The molecule has 0 aliphatic carbocycles. The SMILES string of the molecule is O=C(CCCNS(=O)(=O)c1ccc([N+](=O)[O-])cc1)OCc1ccccc1. The molecule has 0 saturated heterocycles. The van der Waals surface area contributed by atoms with Crippen molar-refractivity contribution < 1.29 is 22.9 Å². The summed E-state index contributed by atoms with van der Waals surface area (Å²) in [6.07, 6.45) is 0.357. The third-order valence-electron chi connectivity index (χ3n) is 3.45. The molecule has 0 amide bonds. The summed E-state index contributed by atoms with van der Waals surface area (Å²) >= 11 is 0. The highest BCUT2D eigenvalue weighted by molar-refractivity contribution is 7.89. The number of nitro groups is 1. The van der Waals surface area contributed by atoms with E-state index in [1.807, 2.05) is 30.3 Å². The zero-order valence-electron chi connectivity index (χ0n) is 13.8. The number of rotatable bonds is 9. The quantitative estimate of drug-likeness (QED) is 0.310. The van der Waals surface area contributed by atoms with E-state index in [9.17, 15) is 23.3 Å². The third kappa shape index (κ3) is 5.94. The number of sulfonamides is 1. The summed E-state index contributed by atoms with van der Waals surface area (Å²) in [5.41, 5.74) is 0.685. The zero-order valence-corrected chi connectivity index (χ0v) is 14.6. The Hall–Kier alpha value is -2.78. The van der Waals surface area contributed by atoms with Gasteiger partial charge in [0.25, 0.3) is 5.69 Å². The molecule has 1 N–H and O–H groups in total. The van der Waals surface area contributed by atoms with Gasteiger partial charge < -0.3 is 4.74 Å². The first kappa shape index (κ1) is 19.5. The Labute approximate surface area is 151 Å². The van der Waals surface area contributed by atoms with Gasteiger partial charge in [-0.15, -0.1) is 0 Å². The van der Waals surface area contributed by atoms with E-state index >= 15 is 0 Å². The molecule has 0 unspecified atom stereocenters. The van der Waals surface area contributed by atoms with Crippen LogP contribution in [0.5, 0.6) is 0 Å². The monoisotopic (exact) mass is 378 g/mol. The van der Waals surface area contributed by atoms with Crippen molar-refractivity contribution in [1.82, 2.24) is 4.72 Å². The number of nitrogens with zero attached hydrogens (tertiary/aromatic N) is 1. The summed E-state index contributed by atoms with van der Waals surface area (Å²) in [6, 6.07) is 13.8. The van der Waals surface area contributed by atoms with Crippen LogP contribution in [-0.4, -0.2) is 25.9 Å². The molecule has 0 aromatic heterocycles. The second-order valence-electron chi connectivity index (χ2n) is 5.40. The van der Waals surface area contributed by atoms with Crippen LogP contribution in [0.15, 0.2) is 59.5 Å². The van der Waals surface area contributed by atoms with Crippen molar-refractivity contribution in [2.75, 3.05) is 6.54 Å². The fourth-order valence-electron chi connectivity index (χ4n) is 2.08. The summed E-state index contributed by atoms with van der Waals surface area (Å²) in [4.78, 5) is 21.5. The Balaban J connectivity index is 1.74. The maximum Gasteiger partial charge on any atom is 0.306 e. The van der Waals surface area contributed by atoms with Crippen molar-refractivity contribution in [2.45, 2.75) is 24.3 Å². The Morgan fingerprint density at radius 2 is 1.73 bits per heavy atom. The predicted octanol–water partition coefficient (Wildman–Crippen LogP) is 2.40. The van der Waals surface area contributed by atoms with E-state index < -0.39 is 20.9 Å². The highest BCUT2D eigenvalue weighted by atomic mass is 32.2. The molecule has 0 atom stereocenters. The summed E-state index contributed by atoms with van der Waals surface area (Å²) in [5, 5.41) is 10.6. The number of ether oxygens (including phenoxy) is 1. The van der Waals surface area contributed by atoms with E-state index in [0.717, 1.165) is 29.8 Å². The van der Waals surface area contributed by atoms with E-state index in [-0.39, 0.29) is 36.6 Å². The molecular formula is C17H18N2O6S. The number of hydrogen-bond donors (Lipinski definition) is 1. The summed E-state index contributed by atoms with van der Waals surface area (Å²) in [6.45, 7) is 0.230. The van der Waals surface area contributed by atoms with Gasteiger partial charge in [0.15, 0.2) is 0 Å². The molecule has 0 fully saturated rings. The first-order valence-corrected chi connectivity index (χ1v) is 9.30. The predicted molar refractivity (Wildman–Crippen MR) is 93.8 cm³/mol. The molecule has 0 radical (unpaired) electrons. The first-order valence-electron chi connectivity index (χ1n) is 7.82. The minimum atomic E-state index is -3.78. The number of benzene rings is 2. The normalized spacial score (nSPS) is 11.1. The van der Waals surface area contributed by atoms with Crippen molar-refractivity contribution in [1.29, 1.82) is 0 Å². The summed E-state index contributed by atoms with van der Waals surface area (Å²) < 4.78 is 31.6. The van der Waals surface area contributed by atoms with Crippen molar-refractivity contribution in [3.05, 3.63) is 70.3 Å². The molecule has 0 aliphatic rings. The fourth-order valence-corrected chi connectivity index (χ4v) is 3.15.